The van der Waals surface area contributed by atoms with Crippen LogP contribution in [0.3, 0.4) is 0 Å². The molecule has 3 rings (SSSR count). The number of carbonyl (C=O) groups excluding carboxylic acids is 2. The molecule has 0 unspecified atom stereocenters. The number of halogens is 1. The average molecular weight is 390 g/mol. The van der Waals surface area contributed by atoms with Crippen molar-refractivity contribution >= 4 is 23.4 Å². The number of rotatable bonds is 5. The number of carbonyl (C=O) groups is 2. The van der Waals surface area contributed by atoms with E-state index in [-0.39, 0.29) is 4.88 Å². The Morgan fingerprint density at radius 1 is 1.30 bits per heavy atom. The Labute approximate surface area is 157 Å². The first-order valence-electron chi connectivity index (χ1n) is 7.90. The lowest BCUT2D eigenvalue weighted by Crippen LogP contribution is -2.18. The van der Waals surface area contributed by atoms with Gasteiger partial charge in [-0.2, -0.15) is 0 Å². The van der Waals surface area contributed by atoms with Crippen LogP contribution in [0.4, 0.5) is 9.18 Å². The van der Waals surface area contributed by atoms with Crippen LogP contribution in [0, 0.1) is 19.7 Å². The number of thiazole rings is 1. The van der Waals surface area contributed by atoms with Crippen LogP contribution in [0.5, 0.6) is 0 Å². The molecule has 0 aliphatic carbocycles. The lowest BCUT2D eigenvalue weighted by Gasteiger charge is -2.01. The number of hydrogen-bond donors (Lipinski definition) is 1. The second-order valence-corrected chi connectivity index (χ2v) is 6.74. The topological polar surface area (TPSA) is 121 Å². The minimum absolute atomic E-state index is 0.228. The van der Waals surface area contributed by atoms with Crippen molar-refractivity contribution in [1.29, 1.82) is 0 Å². The van der Waals surface area contributed by atoms with Gasteiger partial charge in [-0.3, -0.25) is 4.98 Å². The summed E-state index contributed by atoms with van der Waals surface area (Å²) >= 11 is 1.13. The van der Waals surface area contributed by atoms with Crippen molar-refractivity contribution in [3.8, 4) is 11.4 Å². The molecule has 0 aliphatic heterocycles. The quantitative estimate of drug-likeness (QED) is 0.525. The number of nitrogens with two attached hydrogens (primary N) is 1. The lowest BCUT2D eigenvalue weighted by atomic mass is 10.1. The molecule has 3 aromatic heterocycles. The molecule has 1 amide bonds. The minimum atomic E-state index is -1.16. The van der Waals surface area contributed by atoms with Gasteiger partial charge in [-0.05, 0) is 32.4 Å². The van der Waals surface area contributed by atoms with E-state index in [0.717, 1.165) is 23.1 Å². The van der Waals surface area contributed by atoms with Gasteiger partial charge in [-0.25, -0.2) is 19.0 Å². The molecule has 0 aromatic carbocycles. The molecule has 0 bridgehead atoms. The number of pyridine rings is 1. The maximum atomic E-state index is 13.1. The van der Waals surface area contributed by atoms with Gasteiger partial charge in [0.25, 0.3) is 0 Å². The monoisotopic (exact) mass is 390 g/mol. The summed E-state index contributed by atoms with van der Waals surface area (Å²) in [7, 11) is 0. The van der Waals surface area contributed by atoms with Gasteiger partial charge in [0.15, 0.2) is 0 Å². The summed E-state index contributed by atoms with van der Waals surface area (Å²) in [4.78, 5) is 31.1. The molecule has 3 aromatic rings. The Balaban J connectivity index is 1.78. The minimum Gasteiger partial charge on any atom is -0.372 e. The zero-order valence-corrected chi connectivity index (χ0v) is 15.3. The molecular formula is C17H15FN4O4S. The van der Waals surface area contributed by atoms with Crippen LogP contribution in [-0.2, 0) is 17.6 Å². The number of aromatic nitrogens is 3. The van der Waals surface area contributed by atoms with Gasteiger partial charge in [0.1, 0.15) is 22.1 Å². The van der Waals surface area contributed by atoms with Gasteiger partial charge in [0, 0.05) is 12.0 Å². The third-order valence-corrected chi connectivity index (χ3v) is 4.96. The third kappa shape index (κ3) is 4.17. The standard InChI is InChI=1S/C17H15FN4O4S/c1-8-15(16(23)25-17(19)24)27-13(21-8)6-4-11-9(2)26-22-14(11)12-5-3-10(18)7-20-12/h3,5,7H,4,6H2,1-2H3,(H2,19,24). The second-order valence-electron chi connectivity index (χ2n) is 5.66. The molecule has 0 radical (unpaired) electrons. The van der Waals surface area contributed by atoms with Crippen LogP contribution < -0.4 is 5.73 Å². The van der Waals surface area contributed by atoms with Crippen LogP contribution in [0.1, 0.15) is 31.7 Å². The number of esters is 1. The van der Waals surface area contributed by atoms with E-state index >= 15 is 0 Å². The van der Waals surface area contributed by atoms with Gasteiger partial charge >= 0.3 is 12.1 Å². The van der Waals surface area contributed by atoms with E-state index in [1.807, 2.05) is 0 Å². The van der Waals surface area contributed by atoms with Crippen molar-refractivity contribution in [2.24, 2.45) is 5.73 Å². The van der Waals surface area contributed by atoms with E-state index in [4.69, 9.17) is 10.3 Å². The van der Waals surface area contributed by atoms with Gasteiger partial charge in [0.05, 0.1) is 22.6 Å². The van der Waals surface area contributed by atoms with Gasteiger partial charge in [0.2, 0.25) is 0 Å². The van der Waals surface area contributed by atoms with Crippen LogP contribution in [0.2, 0.25) is 0 Å². The summed E-state index contributed by atoms with van der Waals surface area (Å²) in [5.41, 5.74) is 7.19. The fourth-order valence-electron chi connectivity index (χ4n) is 2.52. The van der Waals surface area contributed by atoms with Crippen LogP contribution in [0.15, 0.2) is 22.9 Å². The van der Waals surface area contributed by atoms with Crippen molar-refractivity contribution < 1.29 is 23.2 Å². The van der Waals surface area contributed by atoms with Crippen LogP contribution in [-0.4, -0.2) is 27.2 Å². The van der Waals surface area contributed by atoms with Crippen molar-refractivity contribution in [2.45, 2.75) is 26.7 Å². The molecule has 0 saturated carbocycles. The molecule has 8 nitrogen and oxygen atoms in total. The molecule has 140 valence electrons. The summed E-state index contributed by atoms with van der Waals surface area (Å²) in [6.07, 6.45) is 0.988. The van der Waals surface area contributed by atoms with E-state index < -0.39 is 17.9 Å². The Kier molecular flexibility index (Phi) is 5.26. The molecule has 27 heavy (non-hydrogen) atoms. The Morgan fingerprint density at radius 2 is 2.07 bits per heavy atom. The summed E-state index contributed by atoms with van der Waals surface area (Å²) in [5.74, 6) is -0.631. The first kappa shape index (κ1) is 18.6. The number of aryl methyl sites for hydroxylation is 3. The van der Waals surface area contributed by atoms with Crippen LogP contribution >= 0.6 is 11.3 Å². The first-order valence-corrected chi connectivity index (χ1v) is 8.71. The van der Waals surface area contributed by atoms with Crippen LogP contribution in [0.25, 0.3) is 11.4 Å². The highest BCUT2D eigenvalue weighted by Gasteiger charge is 2.20. The SMILES string of the molecule is Cc1nc(CCc2c(-c3ccc(F)cn3)noc2C)sc1C(=O)OC(N)=O. The molecule has 0 atom stereocenters. The number of hydrogen-bond acceptors (Lipinski definition) is 8. The Hall–Kier alpha value is -3.14. The molecular weight excluding hydrogens is 375 g/mol. The molecule has 0 fully saturated rings. The summed E-state index contributed by atoms with van der Waals surface area (Å²) < 4.78 is 22.7. The summed E-state index contributed by atoms with van der Waals surface area (Å²) in [6.45, 7) is 3.42. The normalized spacial score (nSPS) is 10.8. The Bertz CT molecular complexity index is 997. The number of amides is 1. The molecule has 0 aliphatic rings. The highest BCUT2D eigenvalue weighted by molar-refractivity contribution is 7.13. The van der Waals surface area contributed by atoms with Crippen molar-refractivity contribution in [2.75, 3.05) is 0 Å². The van der Waals surface area contributed by atoms with Crippen molar-refractivity contribution in [1.82, 2.24) is 15.1 Å². The summed E-state index contributed by atoms with van der Waals surface area (Å²) in [6, 6.07) is 2.83. The van der Waals surface area contributed by atoms with Crippen molar-refractivity contribution in [3.05, 3.63) is 51.0 Å². The zero-order valence-electron chi connectivity index (χ0n) is 14.5. The third-order valence-electron chi connectivity index (χ3n) is 3.76. The van der Waals surface area contributed by atoms with E-state index in [0.29, 0.717) is 40.7 Å². The van der Waals surface area contributed by atoms with Gasteiger partial charge in [-0.1, -0.05) is 5.16 Å². The smallest absolute Gasteiger partial charge is 0.372 e. The van der Waals surface area contributed by atoms with E-state index in [1.54, 1.807) is 13.8 Å². The van der Waals surface area contributed by atoms with E-state index in [9.17, 15) is 14.0 Å². The lowest BCUT2D eigenvalue weighted by molar-refractivity contribution is 0.0642. The van der Waals surface area contributed by atoms with E-state index in [2.05, 4.69) is 19.9 Å². The summed E-state index contributed by atoms with van der Waals surface area (Å²) in [5, 5.41) is 4.69. The average Bonchev–Trinajstić information content (AvgIpc) is 3.16. The van der Waals surface area contributed by atoms with E-state index in [1.165, 1.54) is 12.1 Å². The molecule has 10 heteroatoms. The predicted octanol–water partition coefficient (Wildman–Crippen LogP) is 2.97. The Morgan fingerprint density at radius 3 is 2.74 bits per heavy atom. The predicted molar refractivity (Wildman–Crippen MR) is 93.7 cm³/mol. The fourth-order valence-corrected chi connectivity index (χ4v) is 3.46. The molecule has 0 saturated heterocycles. The highest BCUT2D eigenvalue weighted by atomic mass is 32.1. The second kappa shape index (κ2) is 7.62. The molecule has 0 spiro atoms. The number of primary amides is 1. The number of nitrogens with zero attached hydrogens (tertiary/aromatic N) is 3. The number of ether oxygens (including phenoxy) is 1. The maximum Gasteiger partial charge on any atom is 0.412 e. The fraction of sp³-hybridized carbons (Fsp3) is 0.235. The maximum absolute atomic E-state index is 13.1. The van der Waals surface area contributed by atoms with Gasteiger partial charge in [-0.15, -0.1) is 11.3 Å². The van der Waals surface area contributed by atoms with Crippen molar-refractivity contribution in [3.63, 3.8) is 0 Å². The zero-order chi connectivity index (χ0) is 19.6. The molecule has 2 N–H and O–H groups in total. The highest BCUT2D eigenvalue weighted by Crippen LogP contribution is 2.27. The largest absolute Gasteiger partial charge is 0.412 e. The molecule has 3 heterocycles. The first-order chi connectivity index (χ1) is 12.8. The van der Waals surface area contributed by atoms with Gasteiger partial charge < -0.3 is 15.0 Å².